The molecule has 8 heteroatoms. The smallest absolute Gasteiger partial charge is 0.273 e. The first-order valence-corrected chi connectivity index (χ1v) is 9.34. The molecule has 0 radical (unpaired) electrons. The number of hydrogen-bond donors (Lipinski definition) is 0. The van der Waals surface area contributed by atoms with Gasteiger partial charge in [0.2, 0.25) is 0 Å². The Morgan fingerprint density at radius 1 is 1.31 bits per heavy atom. The highest BCUT2D eigenvalue weighted by atomic mass is 32.1. The van der Waals surface area contributed by atoms with Crippen molar-refractivity contribution < 1.29 is 4.79 Å². The number of hydrogen-bond acceptors (Lipinski definition) is 6. The molecule has 26 heavy (non-hydrogen) atoms. The van der Waals surface area contributed by atoms with Crippen molar-refractivity contribution in [2.45, 2.75) is 25.4 Å². The lowest BCUT2D eigenvalue weighted by Gasteiger charge is -2.24. The highest BCUT2D eigenvalue weighted by Crippen LogP contribution is 2.21. The fourth-order valence-electron chi connectivity index (χ4n) is 3.21. The predicted molar refractivity (Wildman–Crippen MR) is 97.9 cm³/mol. The van der Waals surface area contributed by atoms with Gasteiger partial charge in [-0.1, -0.05) is 0 Å². The van der Waals surface area contributed by atoms with Gasteiger partial charge in [-0.25, -0.2) is 9.67 Å². The molecule has 0 aliphatic carbocycles. The minimum atomic E-state index is -0.175. The van der Waals surface area contributed by atoms with Gasteiger partial charge in [0.15, 0.2) is 0 Å². The Labute approximate surface area is 154 Å². The molecule has 1 aliphatic heterocycles. The van der Waals surface area contributed by atoms with E-state index < -0.39 is 0 Å². The van der Waals surface area contributed by atoms with E-state index in [4.69, 9.17) is 0 Å². The van der Waals surface area contributed by atoms with E-state index in [1.807, 2.05) is 12.1 Å². The van der Waals surface area contributed by atoms with Crippen LogP contribution in [0.15, 0.2) is 52.3 Å². The van der Waals surface area contributed by atoms with E-state index in [1.165, 1.54) is 22.1 Å². The molecule has 0 saturated carbocycles. The lowest BCUT2D eigenvalue weighted by Crippen LogP contribution is -2.40. The summed E-state index contributed by atoms with van der Waals surface area (Å²) in [5, 5.41) is 6.23. The fourth-order valence-corrected chi connectivity index (χ4v) is 3.73. The third kappa shape index (κ3) is 3.28. The van der Waals surface area contributed by atoms with Crippen LogP contribution >= 0.6 is 11.3 Å². The first-order valence-electron chi connectivity index (χ1n) is 8.40. The highest BCUT2D eigenvalue weighted by molar-refractivity contribution is 7.07. The molecule has 1 aliphatic rings. The number of likely N-dealkylation sites (tertiary alicyclic amines) is 1. The van der Waals surface area contributed by atoms with E-state index in [1.54, 1.807) is 34.3 Å². The number of pyridine rings is 1. The molecule has 0 bridgehead atoms. The Hall–Kier alpha value is -2.87. The summed E-state index contributed by atoms with van der Waals surface area (Å²) < 4.78 is 1.44. The van der Waals surface area contributed by atoms with Crippen LogP contribution < -0.4 is 5.56 Å². The van der Waals surface area contributed by atoms with Crippen molar-refractivity contribution in [1.82, 2.24) is 24.6 Å². The second-order valence-electron chi connectivity index (χ2n) is 6.15. The van der Waals surface area contributed by atoms with E-state index in [2.05, 4.69) is 15.1 Å². The molecule has 3 aromatic heterocycles. The Bertz CT molecular complexity index is 955. The van der Waals surface area contributed by atoms with Crippen LogP contribution in [0.1, 0.15) is 23.3 Å². The van der Waals surface area contributed by atoms with Gasteiger partial charge in [-0.05, 0) is 31.0 Å². The molecule has 1 saturated heterocycles. The van der Waals surface area contributed by atoms with E-state index in [-0.39, 0.29) is 17.5 Å². The van der Waals surface area contributed by atoms with Crippen molar-refractivity contribution >= 4 is 17.2 Å². The standard InChI is InChI=1S/C18H17N5O2S/c24-17-6-5-15(13-3-1-7-19-9-13)21-23(17)10-14-4-2-8-22(14)18(25)16-11-26-12-20-16/h1,3,5-7,9,11-12,14H,2,4,8,10H2. The van der Waals surface area contributed by atoms with E-state index in [9.17, 15) is 9.59 Å². The Balaban J connectivity index is 1.58. The average molecular weight is 367 g/mol. The summed E-state index contributed by atoms with van der Waals surface area (Å²) in [7, 11) is 0. The zero-order valence-corrected chi connectivity index (χ0v) is 14.8. The molecule has 4 heterocycles. The molecule has 1 unspecified atom stereocenters. The molecule has 0 spiro atoms. The molecule has 7 nitrogen and oxygen atoms in total. The zero-order valence-electron chi connectivity index (χ0n) is 14.0. The maximum absolute atomic E-state index is 12.6. The predicted octanol–water partition coefficient (Wildman–Crippen LogP) is 2.07. The first kappa shape index (κ1) is 16.6. The van der Waals surface area contributed by atoms with Crippen LogP contribution in [0.3, 0.4) is 0 Å². The normalized spacial score (nSPS) is 16.8. The second-order valence-corrected chi connectivity index (χ2v) is 6.87. The zero-order chi connectivity index (χ0) is 17.9. The summed E-state index contributed by atoms with van der Waals surface area (Å²) in [5.41, 5.74) is 3.48. The van der Waals surface area contributed by atoms with Gasteiger partial charge in [-0.3, -0.25) is 14.6 Å². The van der Waals surface area contributed by atoms with Crippen molar-refractivity contribution in [3.05, 3.63) is 63.6 Å². The minimum absolute atomic E-state index is 0.0569. The molecule has 1 fully saturated rings. The quantitative estimate of drug-likeness (QED) is 0.705. The lowest BCUT2D eigenvalue weighted by atomic mass is 10.2. The number of amides is 1. The van der Waals surface area contributed by atoms with Gasteiger partial charge in [-0.15, -0.1) is 11.3 Å². The minimum Gasteiger partial charge on any atom is -0.332 e. The van der Waals surface area contributed by atoms with Crippen molar-refractivity contribution in [2.24, 2.45) is 0 Å². The monoisotopic (exact) mass is 367 g/mol. The van der Waals surface area contributed by atoms with E-state index in [0.717, 1.165) is 18.4 Å². The van der Waals surface area contributed by atoms with Crippen molar-refractivity contribution in [3.8, 4) is 11.3 Å². The number of nitrogens with zero attached hydrogens (tertiary/aromatic N) is 5. The van der Waals surface area contributed by atoms with Crippen LogP contribution in [-0.4, -0.2) is 43.1 Å². The number of aromatic nitrogens is 4. The maximum atomic E-state index is 12.6. The van der Waals surface area contributed by atoms with Gasteiger partial charge in [-0.2, -0.15) is 5.10 Å². The summed E-state index contributed by atoms with van der Waals surface area (Å²) in [6, 6.07) is 6.88. The summed E-state index contributed by atoms with van der Waals surface area (Å²) in [4.78, 5) is 34.9. The van der Waals surface area contributed by atoms with Crippen LogP contribution in [0.5, 0.6) is 0 Å². The number of carbonyl (C=O) groups excluding carboxylic acids is 1. The average Bonchev–Trinajstić information content (AvgIpc) is 3.36. The third-order valence-corrected chi connectivity index (χ3v) is 5.08. The summed E-state index contributed by atoms with van der Waals surface area (Å²) in [6.45, 7) is 1.06. The highest BCUT2D eigenvalue weighted by Gasteiger charge is 2.31. The molecule has 132 valence electrons. The van der Waals surface area contributed by atoms with Crippen molar-refractivity contribution in [3.63, 3.8) is 0 Å². The van der Waals surface area contributed by atoms with Crippen LogP contribution in [0, 0.1) is 0 Å². The molecular weight excluding hydrogens is 350 g/mol. The second kappa shape index (κ2) is 7.17. The number of rotatable bonds is 4. The molecule has 3 aromatic rings. The first-order chi connectivity index (χ1) is 12.7. The van der Waals surface area contributed by atoms with E-state index >= 15 is 0 Å². The Morgan fingerprint density at radius 3 is 3.00 bits per heavy atom. The summed E-state index contributed by atoms with van der Waals surface area (Å²) in [5.74, 6) is -0.0785. The van der Waals surface area contributed by atoms with Gasteiger partial charge in [0, 0.05) is 35.9 Å². The molecule has 1 atom stereocenters. The van der Waals surface area contributed by atoms with Gasteiger partial charge in [0.25, 0.3) is 11.5 Å². The van der Waals surface area contributed by atoms with Gasteiger partial charge in [0.1, 0.15) is 5.69 Å². The lowest BCUT2D eigenvalue weighted by molar-refractivity contribution is 0.0715. The van der Waals surface area contributed by atoms with Crippen molar-refractivity contribution in [1.29, 1.82) is 0 Å². The fraction of sp³-hybridized carbons (Fsp3) is 0.278. The largest absolute Gasteiger partial charge is 0.332 e. The molecule has 0 aromatic carbocycles. The van der Waals surface area contributed by atoms with Gasteiger partial charge in [0.05, 0.1) is 23.8 Å². The van der Waals surface area contributed by atoms with Crippen LogP contribution in [0.4, 0.5) is 0 Å². The SMILES string of the molecule is O=C(c1cscn1)N1CCCC1Cn1nc(-c2cccnc2)ccc1=O. The maximum Gasteiger partial charge on any atom is 0.273 e. The van der Waals surface area contributed by atoms with Crippen molar-refractivity contribution in [2.75, 3.05) is 6.54 Å². The molecule has 1 amide bonds. The van der Waals surface area contributed by atoms with Crippen LogP contribution in [0.25, 0.3) is 11.3 Å². The topological polar surface area (TPSA) is 81.0 Å². The Kier molecular flexibility index (Phi) is 4.57. The summed E-state index contributed by atoms with van der Waals surface area (Å²) in [6.07, 6.45) is 5.17. The number of carbonyl (C=O) groups is 1. The molecule has 4 rings (SSSR count). The van der Waals surface area contributed by atoms with Gasteiger partial charge < -0.3 is 4.90 Å². The third-order valence-electron chi connectivity index (χ3n) is 4.50. The van der Waals surface area contributed by atoms with Crippen LogP contribution in [0.2, 0.25) is 0 Å². The van der Waals surface area contributed by atoms with Gasteiger partial charge >= 0.3 is 0 Å². The number of thiazole rings is 1. The molecule has 0 N–H and O–H groups in total. The van der Waals surface area contributed by atoms with E-state index in [0.29, 0.717) is 24.5 Å². The Morgan fingerprint density at radius 2 is 2.23 bits per heavy atom. The summed E-state index contributed by atoms with van der Waals surface area (Å²) >= 11 is 1.40. The molecular formula is C18H17N5O2S. The van der Waals surface area contributed by atoms with Crippen LogP contribution in [-0.2, 0) is 6.54 Å².